The molecule has 0 aliphatic heterocycles. The molecular formula is C91H68N2Si2. The molecule has 0 bridgehead atoms. The molecule has 2 nitrogen and oxygen atoms in total. The average Bonchev–Trinajstić information content (AvgIpc) is 1.61. The van der Waals surface area contributed by atoms with Gasteiger partial charge in [0.15, 0.2) is 16.1 Å². The van der Waals surface area contributed by atoms with Gasteiger partial charge in [0.2, 0.25) is 0 Å². The van der Waals surface area contributed by atoms with Crippen LogP contribution in [0.15, 0.2) is 376 Å². The normalized spacial score (nSPS) is 12.6. The second-order valence-corrected chi connectivity index (χ2v) is 33.6. The molecule has 95 heavy (non-hydrogen) atoms. The van der Waals surface area contributed by atoms with Crippen LogP contribution in [-0.2, 0) is 5.41 Å². The van der Waals surface area contributed by atoms with E-state index in [-0.39, 0.29) is 5.41 Å². The lowest BCUT2D eigenvalue weighted by molar-refractivity contribution is 0.661. The van der Waals surface area contributed by atoms with Crippen molar-refractivity contribution in [1.82, 2.24) is 0 Å². The van der Waals surface area contributed by atoms with Gasteiger partial charge in [0.05, 0.1) is 5.69 Å². The molecular weight excluding hydrogens is 1180 g/mol. The Balaban J connectivity index is 0.809. The molecule has 0 spiro atoms. The summed E-state index contributed by atoms with van der Waals surface area (Å²) in [6, 6.07) is 142. The minimum atomic E-state index is -2.80. The van der Waals surface area contributed by atoms with Crippen molar-refractivity contribution in [3.8, 4) is 11.1 Å². The van der Waals surface area contributed by atoms with Crippen LogP contribution in [0, 0.1) is 0 Å². The Morgan fingerprint density at radius 2 is 0.526 bits per heavy atom. The van der Waals surface area contributed by atoms with Crippen LogP contribution in [-0.4, -0.2) is 16.1 Å². The number of benzene rings is 16. The van der Waals surface area contributed by atoms with Crippen LogP contribution in [0.4, 0.5) is 34.1 Å². The maximum atomic E-state index is 2.53. The molecule has 0 heterocycles. The van der Waals surface area contributed by atoms with Crippen LogP contribution < -0.4 is 51.3 Å². The molecule has 1 aliphatic carbocycles. The zero-order valence-electron chi connectivity index (χ0n) is 53.2. The molecule has 17 rings (SSSR count). The zero-order valence-corrected chi connectivity index (χ0v) is 55.2. The highest BCUT2D eigenvalue weighted by molar-refractivity contribution is 7.20. The Bertz CT molecular complexity index is 5300. The van der Waals surface area contributed by atoms with E-state index in [1.54, 1.807) is 0 Å². The molecule has 1 aliphatic rings. The number of nitrogens with zero attached hydrogens (tertiary/aromatic N) is 2. The Morgan fingerprint density at radius 3 is 0.947 bits per heavy atom. The van der Waals surface area contributed by atoms with Gasteiger partial charge in [-0.1, -0.05) is 311 Å². The van der Waals surface area contributed by atoms with Crippen molar-refractivity contribution in [2.45, 2.75) is 19.3 Å². The Hall–Kier alpha value is -11.4. The molecule has 0 saturated heterocycles. The Morgan fingerprint density at radius 1 is 0.221 bits per heavy atom. The van der Waals surface area contributed by atoms with Gasteiger partial charge in [0.25, 0.3) is 0 Å². The molecule has 0 radical (unpaired) electrons. The minimum Gasteiger partial charge on any atom is -0.310 e. The van der Waals surface area contributed by atoms with Crippen LogP contribution in [0.5, 0.6) is 0 Å². The van der Waals surface area contributed by atoms with E-state index in [0.717, 1.165) is 34.1 Å². The second kappa shape index (κ2) is 23.6. The van der Waals surface area contributed by atoms with E-state index < -0.39 is 16.1 Å². The van der Waals surface area contributed by atoms with Gasteiger partial charge >= 0.3 is 0 Å². The van der Waals surface area contributed by atoms with Gasteiger partial charge in [-0.3, -0.25) is 0 Å². The third-order valence-corrected chi connectivity index (χ3v) is 30.0. The molecule has 450 valence electrons. The lowest BCUT2D eigenvalue weighted by Crippen LogP contribution is -2.74. The first kappa shape index (κ1) is 57.5. The molecule has 16 aromatic rings. The summed E-state index contributed by atoms with van der Waals surface area (Å²) in [4.78, 5) is 4.99. The molecule has 0 unspecified atom stereocenters. The summed E-state index contributed by atoms with van der Waals surface area (Å²) in [5.41, 5.74) is 11.6. The van der Waals surface area contributed by atoms with Crippen molar-refractivity contribution in [3.63, 3.8) is 0 Å². The summed E-state index contributed by atoms with van der Waals surface area (Å²) < 4.78 is 0. The summed E-state index contributed by atoms with van der Waals surface area (Å²) in [7, 11) is -5.58. The molecule has 0 atom stereocenters. The summed E-state index contributed by atoms with van der Waals surface area (Å²) in [5, 5.41) is 20.5. The van der Waals surface area contributed by atoms with Gasteiger partial charge in [-0.2, -0.15) is 0 Å². The molecule has 16 aromatic carbocycles. The molecule has 0 aromatic heterocycles. The standard InChI is InChI=1S/C91H68N2Si2/c1-91(2)87-63-70-61-74(92(73-48-45-65-27-21-23-29-67(65)59-73)71-51-55-82(56-52-71)94(76-31-9-3-10-32-76,77-33-11-4-12-34-77)78-35-13-5-14-36-78)50-47-69(70)62-86(87)90-85-44-26-25-43-84(85)89(64-88(90)91)93(75-49-46-66-28-22-24-30-68(66)60-75)72-53-57-83(58-54-72)95(79-37-15-6-16-38-79,80-39-17-7-18-40-80)81-41-19-8-20-42-81/h3-64H,1-2H3. The molecule has 4 heteroatoms. The Labute approximate surface area is 558 Å². The monoisotopic (exact) mass is 1240 g/mol. The van der Waals surface area contributed by atoms with Crippen molar-refractivity contribution in [2.75, 3.05) is 9.80 Å². The fourth-order valence-electron chi connectivity index (χ4n) is 16.0. The number of fused-ring (bicyclic) bond motifs is 8. The van der Waals surface area contributed by atoms with Crippen LogP contribution in [0.1, 0.15) is 25.0 Å². The largest absolute Gasteiger partial charge is 0.310 e. The van der Waals surface area contributed by atoms with Crippen molar-refractivity contribution in [1.29, 1.82) is 0 Å². The lowest BCUT2D eigenvalue weighted by atomic mass is 9.81. The first-order chi connectivity index (χ1) is 46.8. The molecule has 0 amide bonds. The van der Waals surface area contributed by atoms with Crippen LogP contribution in [0.3, 0.4) is 0 Å². The van der Waals surface area contributed by atoms with E-state index in [2.05, 4.69) is 400 Å². The molecule has 0 saturated carbocycles. The highest BCUT2D eigenvalue weighted by Gasteiger charge is 2.44. The van der Waals surface area contributed by atoms with E-state index in [1.807, 2.05) is 0 Å². The summed E-state index contributed by atoms with van der Waals surface area (Å²) in [6.45, 7) is 4.88. The van der Waals surface area contributed by atoms with Gasteiger partial charge in [-0.15, -0.1) is 0 Å². The number of anilines is 6. The van der Waals surface area contributed by atoms with E-state index in [0.29, 0.717) is 0 Å². The highest BCUT2D eigenvalue weighted by atomic mass is 28.3. The third kappa shape index (κ3) is 9.58. The molecule has 0 fully saturated rings. The maximum Gasteiger partial charge on any atom is 0.179 e. The zero-order chi connectivity index (χ0) is 63.5. The first-order valence-electron chi connectivity index (χ1n) is 33.1. The Kier molecular flexibility index (Phi) is 14.3. The number of rotatable bonds is 14. The van der Waals surface area contributed by atoms with Gasteiger partial charge in [0.1, 0.15) is 0 Å². The second-order valence-electron chi connectivity index (χ2n) is 25.9. The quantitative estimate of drug-likeness (QED) is 0.0791. The predicted octanol–water partition coefficient (Wildman–Crippen LogP) is 18.3. The number of hydrogen-bond donors (Lipinski definition) is 0. The number of hydrogen-bond acceptors (Lipinski definition) is 2. The highest BCUT2D eigenvalue weighted by Crippen LogP contribution is 2.56. The van der Waals surface area contributed by atoms with E-state index in [1.165, 1.54) is 107 Å². The predicted molar refractivity (Wildman–Crippen MR) is 411 cm³/mol. The fraction of sp³-hybridized carbons (Fsp3) is 0.0330. The van der Waals surface area contributed by atoms with Gasteiger partial charge < -0.3 is 9.80 Å². The van der Waals surface area contributed by atoms with Crippen molar-refractivity contribution in [2.24, 2.45) is 0 Å². The summed E-state index contributed by atoms with van der Waals surface area (Å²) >= 11 is 0. The van der Waals surface area contributed by atoms with Gasteiger partial charge in [-0.05, 0) is 180 Å². The van der Waals surface area contributed by atoms with Crippen LogP contribution in [0.2, 0.25) is 0 Å². The fourth-order valence-corrected chi connectivity index (χ4v) is 25.5. The summed E-state index contributed by atoms with van der Waals surface area (Å²) in [5.74, 6) is 0. The van der Waals surface area contributed by atoms with Crippen molar-refractivity contribution < 1.29 is 0 Å². The summed E-state index contributed by atoms with van der Waals surface area (Å²) in [6.07, 6.45) is 0. The smallest absolute Gasteiger partial charge is 0.179 e. The molecule has 0 N–H and O–H groups in total. The van der Waals surface area contributed by atoms with Gasteiger partial charge in [0, 0.05) is 39.2 Å². The van der Waals surface area contributed by atoms with E-state index in [9.17, 15) is 0 Å². The first-order valence-corrected chi connectivity index (χ1v) is 37.1. The average molecular weight is 1250 g/mol. The third-order valence-electron chi connectivity index (χ3n) is 20.4. The van der Waals surface area contributed by atoms with Crippen molar-refractivity contribution >= 4 is 135 Å². The minimum absolute atomic E-state index is 0.362. The van der Waals surface area contributed by atoms with E-state index >= 15 is 0 Å². The van der Waals surface area contributed by atoms with Crippen molar-refractivity contribution in [3.05, 3.63) is 387 Å². The lowest BCUT2D eigenvalue weighted by Gasteiger charge is -2.35. The van der Waals surface area contributed by atoms with E-state index in [4.69, 9.17) is 0 Å². The SMILES string of the molecule is CC1(C)c2cc3cc(N(c4ccc([Si](c5ccccc5)(c5ccccc5)c5ccccc5)cc4)c4ccc5ccccc5c4)ccc3cc2-c2c1cc(N(c1ccc([Si](c3ccccc3)(c3ccccc3)c3ccccc3)cc1)c1ccc3ccccc3c1)c1ccccc21. The van der Waals surface area contributed by atoms with Crippen LogP contribution >= 0.6 is 0 Å². The topological polar surface area (TPSA) is 6.48 Å². The van der Waals surface area contributed by atoms with Crippen LogP contribution in [0.25, 0.3) is 54.2 Å². The maximum absolute atomic E-state index is 2.80. The van der Waals surface area contributed by atoms with Gasteiger partial charge in [-0.25, -0.2) is 0 Å².